The third-order valence-electron chi connectivity index (χ3n) is 1.37. The molecule has 0 aliphatic rings. The maximum Gasteiger partial charge on any atom is 0.573 e. The normalized spacial score (nSPS) is 11.1. The minimum absolute atomic E-state index is 0.142. The third kappa shape index (κ3) is 3.04. The predicted octanol–water partition coefficient (Wildman–Crippen LogP) is 2.18. The van der Waals surface area contributed by atoms with Gasteiger partial charge in [0.2, 0.25) is 0 Å². The highest BCUT2D eigenvalue weighted by molar-refractivity contribution is 5.50. The number of benzene rings is 1. The van der Waals surface area contributed by atoms with E-state index >= 15 is 0 Å². The van der Waals surface area contributed by atoms with Gasteiger partial charge in [-0.05, 0) is 0 Å². The van der Waals surface area contributed by atoms with Gasteiger partial charge in [-0.1, -0.05) is 0 Å². The van der Waals surface area contributed by atoms with E-state index in [1.165, 1.54) is 13.2 Å². The van der Waals surface area contributed by atoms with Gasteiger partial charge in [-0.2, -0.15) is 0 Å². The number of rotatable bonds is 2. The lowest BCUT2D eigenvalue weighted by molar-refractivity contribution is -0.274. The van der Waals surface area contributed by atoms with Gasteiger partial charge in [0.15, 0.2) is 0 Å². The summed E-state index contributed by atoms with van der Waals surface area (Å²) in [6.45, 7) is 0. The van der Waals surface area contributed by atoms with Crippen LogP contribution in [0.25, 0.3) is 0 Å². The van der Waals surface area contributed by atoms with Crippen LogP contribution in [0.1, 0.15) is 0 Å². The summed E-state index contributed by atoms with van der Waals surface area (Å²) in [5, 5.41) is 0. The summed E-state index contributed by atoms with van der Waals surface area (Å²) in [5.74, 6) is -0.182. The zero-order valence-corrected chi connectivity index (χ0v) is 7.26. The summed E-state index contributed by atoms with van der Waals surface area (Å²) in [4.78, 5) is 0. The number of nitrogen functional groups attached to an aromatic ring is 1. The van der Waals surface area contributed by atoms with E-state index < -0.39 is 12.1 Å². The summed E-state index contributed by atoms with van der Waals surface area (Å²) in [5.41, 5.74) is 5.47. The topological polar surface area (TPSA) is 44.5 Å². The predicted molar refractivity (Wildman–Crippen MR) is 44.1 cm³/mol. The van der Waals surface area contributed by atoms with Crippen molar-refractivity contribution in [3.05, 3.63) is 18.2 Å². The molecule has 0 aliphatic carbocycles. The van der Waals surface area contributed by atoms with Gasteiger partial charge in [0.1, 0.15) is 11.5 Å². The Balaban J connectivity index is 2.92. The molecule has 0 spiro atoms. The Morgan fingerprint density at radius 2 is 1.71 bits per heavy atom. The third-order valence-corrected chi connectivity index (χ3v) is 1.37. The fourth-order valence-electron chi connectivity index (χ4n) is 0.904. The average Bonchev–Trinajstić information content (AvgIpc) is 1.99. The molecule has 0 bridgehead atoms. The van der Waals surface area contributed by atoms with Crippen molar-refractivity contribution >= 4 is 5.69 Å². The lowest BCUT2D eigenvalue weighted by Gasteiger charge is -2.10. The Morgan fingerprint density at radius 3 is 2.21 bits per heavy atom. The van der Waals surface area contributed by atoms with Gasteiger partial charge in [-0.3, -0.25) is 0 Å². The van der Waals surface area contributed by atoms with Crippen LogP contribution in [0.2, 0.25) is 0 Å². The fraction of sp³-hybridized carbons (Fsp3) is 0.250. The van der Waals surface area contributed by atoms with Crippen molar-refractivity contribution in [1.29, 1.82) is 0 Å². The van der Waals surface area contributed by atoms with Gasteiger partial charge >= 0.3 is 6.36 Å². The molecule has 14 heavy (non-hydrogen) atoms. The highest BCUT2D eigenvalue weighted by atomic mass is 19.4. The van der Waals surface area contributed by atoms with Crippen molar-refractivity contribution in [3.63, 3.8) is 0 Å². The van der Waals surface area contributed by atoms with Crippen LogP contribution in [0.4, 0.5) is 18.9 Å². The molecule has 0 fully saturated rings. The molecule has 0 heterocycles. The van der Waals surface area contributed by atoms with Crippen molar-refractivity contribution in [1.82, 2.24) is 0 Å². The quantitative estimate of drug-likeness (QED) is 0.756. The summed E-state index contributed by atoms with van der Waals surface area (Å²) < 4.78 is 43.8. The SMILES string of the molecule is COc1cc(N)cc(OC(F)(F)F)c1. The van der Waals surface area contributed by atoms with E-state index in [1.807, 2.05) is 0 Å². The van der Waals surface area contributed by atoms with Gasteiger partial charge in [-0.25, -0.2) is 0 Å². The Hall–Kier alpha value is -1.59. The van der Waals surface area contributed by atoms with Crippen LogP contribution < -0.4 is 15.2 Å². The molecule has 0 amide bonds. The highest BCUT2D eigenvalue weighted by Gasteiger charge is 2.31. The molecule has 3 nitrogen and oxygen atoms in total. The number of anilines is 1. The molecule has 78 valence electrons. The fourth-order valence-corrected chi connectivity index (χ4v) is 0.904. The summed E-state index contributed by atoms with van der Waals surface area (Å²) in [7, 11) is 1.33. The number of nitrogens with two attached hydrogens (primary N) is 1. The van der Waals surface area contributed by atoms with Crippen molar-refractivity contribution in [3.8, 4) is 11.5 Å². The first-order valence-electron chi connectivity index (χ1n) is 3.61. The second kappa shape index (κ2) is 3.65. The minimum Gasteiger partial charge on any atom is -0.497 e. The molecular weight excluding hydrogens is 199 g/mol. The first kappa shape index (κ1) is 10.5. The first-order valence-corrected chi connectivity index (χ1v) is 3.61. The Morgan fingerprint density at radius 1 is 1.14 bits per heavy atom. The molecule has 0 saturated heterocycles. The van der Waals surface area contributed by atoms with E-state index in [-0.39, 0.29) is 11.4 Å². The number of ether oxygens (including phenoxy) is 2. The average molecular weight is 207 g/mol. The minimum atomic E-state index is -4.72. The van der Waals surface area contributed by atoms with Crippen LogP contribution >= 0.6 is 0 Å². The zero-order chi connectivity index (χ0) is 10.8. The number of hydrogen-bond donors (Lipinski definition) is 1. The van der Waals surface area contributed by atoms with Crippen LogP contribution in [0, 0.1) is 0 Å². The van der Waals surface area contributed by atoms with Crippen LogP contribution in [0.5, 0.6) is 11.5 Å². The molecule has 0 aliphatic heterocycles. The van der Waals surface area contributed by atoms with E-state index in [4.69, 9.17) is 10.5 Å². The maximum absolute atomic E-state index is 11.8. The van der Waals surface area contributed by atoms with E-state index in [2.05, 4.69) is 4.74 Å². The van der Waals surface area contributed by atoms with Crippen molar-refractivity contribution in [2.75, 3.05) is 12.8 Å². The van der Waals surface area contributed by atoms with Gasteiger partial charge in [0, 0.05) is 23.9 Å². The second-order valence-corrected chi connectivity index (χ2v) is 2.49. The molecule has 1 aromatic rings. The second-order valence-electron chi connectivity index (χ2n) is 2.49. The summed E-state index contributed by atoms with van der Waals surface area (Å²) >= 11 is 0. The van der Waals surface area contributed by atoms with Crippen LogP contribution in [-0.2, 0) is 0 Å². The molecule has 0 saturated carbocycles. The number of halogens is 3. The van der Waals surface area contributed by atoms with Crippen molar-refractivity contribution in [2.24, 2.45) is 0 Å². The highest BCUT2D eigenvalue weighted by Crippen LogP contribution is 2.28. The van der Waals surface area contributed by atoms with Gasteiger partial charge in [0.05, 0.1) is 7.11 Å². The Bertz CT molecular complexity index is 325. The number of alkyl halides is 3. The van der Waals surface area contributed by atoms with Gasteiger partial charge in [0.25, 0.3) is 0 Å². The molecule has 6 heteroatoms. The zero-order valence-electron chi connectivity index (χ0n) is 7.26. The number of methoxy groups -OCH3 is 1. The van der Waals surface area contributed by atoms with E-state index in [0.717, 1.165) is 12.1 Å². The first-order chi connectivity index (χ1) is 6.40. The Labute approximate surface area is 78.2 Å². The molecular formula is C8H8F3NO2. The largest absolute Gasteiger partial charge is 0.573 e. The summed E-state index contributed by atoms with van der Waals surface area (Å²) in [6.07, 6.45) is -4.72. The molecule has 0 atom stereocenters. The standard InChI is InChI=1S/C8H8F3NO2/c1-13-6-2-5(12)3-7(4-6)14-8(9,10)11/h2-4H,12H2,1H3. The van der Waals surface area contributed by atoms with Crippen LogP contribution in [-0.4, -0.2) is 13.5 Å². The van der Waals surface area contributed by atoms with Gasteiger partial charge in [-0.15, -0.1) is 13.2 Å². The maximum atomic E-state index is 11.8. The molecule has 0 radical (unpaired) electrons. The molecule has 1 aromatic carbocycles. The lowest BCUT2D eigenvalue weighted by atomic mass is 10.3. The molecule has 0 aromatic heterocycles. The van der Waals surface area contributed by atoms with Crippen LogP contribution in [0.15, 0.2) is 18.2 Å². The lowest BCUT2D eigenvalue weighted by Crippen LogP contribution is -2.17. The van der Waals surface area contributed by atoms with Crippen LogP contribution in [0.3, 0.4) is 0 Å². The molecule has 1 rings (SSSR count). The van der Waals surface area contributed by atoms with E-state index in [9.17, 15) is 13.2 Å². The molecule has 2 N–H and O–H groups in total. The van der Waals surface area contributed by atoms with Crippen molar-refractivity contribution in [2.45, 2.75) is 6.36 Å². The monoisotopic (exact) mass is 207 g/mol. The molecule has 0 unspecified atom stereocenters. The van der Waals surface area contributed by atoms with E-state index in [0.29, 0.717) is 0 Å². The van der Waals surface area contributed by atoms with E-state index in [1.54, 1.807) is 0 Å². The number of hydrogen-bond acceptors (Lipinski definition) is 3. The Kier molecular flexibility index (Phi) is 2.73. The van der Waals surface area contributed by atoms with Gasteiger partial charge < -0.3 is 15.2 Å². The smallest absolute Gasteiger partial charge is 0.497 e. The summed E-state index contributed by atoms with van der Waals surface area (Å²) in [6, 6.07) is 3.56. The van der Waals surface area contributed by atoms with Crippen molar-refractivity contribution < 1.29 is 22.6 Å².